The van der Waals surface area contributed by atoms with Crippen molar-refractivity contribution in [3.05, 3.63) is 34.6 Å². The Balaban J connectivity index is 1.87. The molecular weight excluding hydrogens is 442 g/mol. The van der Waals surface area contributed by atoms with Crippen LogP contribution in [0.5, 0.6) is 0 Å². The number of hydrogen-bond acceptors (Lipinski definition) is 8. The molecule has 1 aromatic heterocycles. The second-order valence-electron chi connectivity index (χ2n) is 7.46. The number of carbonyl (C=O) groups is 2. The van der Waals surface area contributed by atoms with E-state index in [0.717, 1.165) is 11.8 Å². The van der Waals surface area contributed by atoms with Gasteiger partial charge in [0.25, 0.3) is 5.56 Å². The molecule has 0 spiro atoms. The first-order valence-electron chi connectivity index (χ1n) is 9.83. The lowest BCUT2D eigenvalue weighted by Crippen LogP contribution is -2.42. The SMILES string of the molecule is COC(=O)CCn1c(SC(C)C(=O)N(C)C2CCS(=O)(=O)C2)nc2ccccc2c1=O. The van der Waals surface area contributed by atoms with Gasteiger partial charge in [-0.05, 0) is 25.5 Å². The molecule has 1 amide bonds. The number of para-hydroxylation sites is 1. The van der Waals surface area contributed by atoms with Crippen LogP contribution in [0, 0.1) is 0 Å². The van der Waals surface area contributed by atoms with Gasteiger partial charge in [-0.15, -0.1) is 0 Å². The first-order valence-corrected chi connectivity index (χ1v) is 12.5. The average molecular weight is 468 g/mol. The number of carbonyl (C=O) groups excluding carboxylic acids is 2. The Morgan fingerprint density at radius 1 is 1.35 bits per heavy atom. The summed E-state index contributed by atoms with van der Waals surface area (Å²) < 4.78 is 29.6. The molecule has 0 radical (unpaired) electrons. The fourth-order valence-electron chi connectivity index (χ4n) is 3.50. The third kappa shape index (κ3) is 5.27. The van der Waals surface area contributed by atoms with Crippen molar-refractivity contribution < 1.29 is 22.7 Å². The largest absolute Gasteiger partial charge is 0.469 e. The number of hydrogen-bond donors (Lipinski definition) is 0. The summed E-state index contributed by atoms with van der Waals surface area (Å²) in [4.78, 5) is 43.6. The van der Waals surface area contributed by atoms with Crippen LogP contribution >= 0.6 is 11.8 Å². The van der Waals surface area contributed by atoms with Gasteiger partial charge in [0, 0.05) is 19.6 Å². The zero-order valence-corrected chi connectivity index (χ0v) is 19.2. The van der Waals surface area contributed by atoms with Crippen molar-refractivity contribution in [3.8, 4) is 0 Å². The minimum Gasteiger partial charge on any atom is -0.469 e. The number of sulfone groups is 1. The van der Waals surface area contributed by atoms with Gasteiger partial charge in [0.15, 0.2) is 15.0 Å². The highest BCUT2D eigenvalue weighted by Crippen LogP contribution is 2.26. The van der Waals surface area contributed by atoms with E-state index in [1.165, 1.54) is 16.6 Å². The van der Waals surface area contributed by atoms with Crippen LogP contribution < -0.4 is 5.56 Å². The average Bonchev–Trinajstić information content (AvgIpc) is 3.11. The summed E-state index contributed by atoms with van der Waals surface area (Å²) in [5, 5.41) is 0.135. The summed E-state index contributed by atoms with van der Waals surface area (Å²) >= 11 is 1.11. The van der Waals surface area contributed by atoms with Gasteiger partial charge < -0.3 is 9.64 Å². The summed E-state index contributed by atoms with van der Waals surface area (Å²) in [5.74, 6) is -0.655. The maximum Gasteiger partial charge on any atom is 0.307 e. The molecule has 3 rings (SSSR count). The molecule has 1 aromatic carbocycles. The number of rotatable bonds is 7. The number of nitrogens with zero attached hydrogens (tertiary/aromatic N) is 3. The molecule has 0 aliphatic carbocycles. The summed E-state index contributed by atoms with van der Waals surface area (Å²) in [6.07, 6.45) is 0.409. The smallest absolute Gasteiger partial charge is 0.307 e. The second kappa shape index (κ2) is 9.39. The molecular formula is C20H25N3O6S2. The van der Waals surface area contributed by atoms with Gasteiger partial charge >= 0.3 is 5.97 Å². The van der Waals surface area contributed by atoms with Crippen LogP contribution in [0.1, 0.15) is 19.8 Å². The Labute approximate surface area is 184 Å². The highest BCUT2D eigenvalue weighted by Gasteiger charge is 2.34. The Morgan fingerprint density at radius 3 is 2.71 bits per heavy atom. The van der Waals surface area contributed by atoms with Crippen molar-refractivity contribution in [1.82, 2.24) is 14.5 Å². The van der Waals surface area contributed by atoms with Crippen molar-refractivity contribution in [3.63, 3.8) is 0 Å². The highest BCUT2D eigenvalue weighted by molar-refractivity contribution is 8.00. The van der Waals surface area contributed by atoms with Crippen LogP contribution in [0.15, 0.2) is 34.2 Å². The number of benzene rings is 1. The topological polar surface area (TPSA) is 116 Å². The van der Waals surface area contributed by atoms with Gasteiger partial charge in [-0.25, -0.2) is 13.4 Å². The van der Waals surface area contributed by atoms with Crippen molar-refractivity contribution >= 4 is 44.4 Å². The summed E-state index contributed by atoms with van der Waals surface area (Å²) in [6.45, 7) is 1.77. The van der Waals surface area contributed by atoms with E-state index in [1.807, 2.05) is 0 Å². The number of aromatic nitrogens is 2. The van der Waals surface area contributed by atoms with Gasteiger partial charge in [-0.3, -0.25) is 19.0 Å². The Bertz CT molecular complexity index is 1160. The number of amides is 1. The Morgan fingerprint density at radius 2 is 2.06 bits per heavy atom. The lowest BCUT2D eigenvalue weighted by molar-refractivity contribution is -0.141. The van der Waals surface area contributed by atoms with Crippen LogP contribution in [0.2, 0.25) is 0 Å². The molecule has 1 saturated heterocycles. The van der Waals surface area contributed by atoms with Gasteiger partial charge in [0.05, 0.1) is 41.2 Å². The molecule has 1 aliphatic heterocycles. The van der Waals surface area contributed by atoms with Crippen LogP contribution in [-0.2, 0) is 30.7 Å². The molecule has 0 N–H and O–H groups in total. The van der Waals surface area contributed by atoms with Crippen LogP contribution in [0.3, 0.4) is 0 Å². The third-order valence-corrected chi connectivity index (χ3v) is 8.16. The Hall–Kier alpha value is -2.40. The van der Waals surface area contributed by atoms with E-state index in [2.05, 4.69) is 9.72 Å². The third-order valence-electron chi connectivity index (χ3n) is 5.33. The van der Waals surface area contributed by atoms with Gasteiger partial charge in [-0.2, -0.15) is 0 Å². The van der Waals surface area contributed by atoms with Crippen LogP contribution in [0.25, 0.3) is 10.9 Å². The molecule has 0 saturated carbocycles. The molecule has 168 valence electrons. The second-order valence-corrected chi connectivity index (χ2v) is 11.0. The van der Waals surface area contributed by atoms with Crippen LogP contribution in [-0.4, -0.2) is 71.7 Å². The van der Waals surface area contributed by atoms with Gasteiger partial charge in [-0.1, -0.05) is 23.9 Å². The maximum absolute atomic E-state index is 13.0. The summed E-state index contributed by atoms with van der Waals surface area (Å²) in [6, 6.07) is 6.53. The number of fused-ring (bicyclic) bond motifs is 1. The Kier molecular flexibility index (Phi) is 7.05. The molecule has 31 heavy (non-hydrogen) atoms. The van der Waals surface area contributed by atoms with E-state index in [1.54, 1.807) is 38.2 Å². The van der Waals surface area contributed by atoms with Crippen LogP contribution in [0.4, 0.5) is 0 Å². The van der Waals surface area contributed by atoms with Crippen molar-refractivity contribution in [2.75, 3.05) is 25.7 Å². The van der Waals surface area contributed by atoms with Gasteiger partial charge in [0.2, 0.25) is 5.91 Å². The first kappa shape index (κ1) is 23.3. The molecule has 1 fully saturated rings. The van der Waals surface area contributed by atoms with E-state index in [4.69, 9.17) is 0 Å². The standard InChI is InChI=1S/C20H25N3O6S2/c1-13(18(25)22(2)14-9-11-31(27,28)12-14)30-20-21-16-7-5-4-6-15(16)19(26)23(20)10-8-17(24)29-3/h4-7,13-14H,8-12H2,1-3H3. The number of thioether (sulfide) groups is 1. The predicted octanol–water partition coefficient (Wildman–Crippen LogP) is 1.09. The number of esters is 1. The van der Waals surface area contributed by atoms with Crippen molar-refractivity contribution in [2.45, 2.75) is 42.8 Å². The van der Waals surface area contributed by atoms with E-state index >= 15 is 0 Å². The molecule has 2 heterocycles. The van der Waals surface area contributed by atoms with Gasteiger partial charge in [0.1, 0.15) is 0 Å². The quantitative estimate of drug-likeness (QED) is 0.338. The van der Waals surface area contributed by atoms with E-state index in [0.29, 0.717) is 22.5 Å². The first-order chi connectivity index (χ1) is 14.6. The zero-order chi connectivity index (χ0) is 22.8. The lowest BCUT2D eigenvalue weighted by atomic mass is 10.2. The number of methoxy groups -OCH3 is 1. The number of ether oxygens (including phenoxy) is 1. The molecule has 11 heteroatoms. The minimum absolute atomic E-state index is 0.00779. The van der Waals surface area contributed by atoms with E-state index in [-0.39, 0.29) is 42.0 Å². The predicted molar refractivity (Wildman–Crippen MR) is 118 cm³/mol. The summed E-state index contributed by atoms with van der Waals surface area (Å²) in [7, 11) is -0.238. The highest BCUT2D eigenvalue weighted by atomic mass is 32.2. The lowest BCUT2D eigenvalue weighted by Gasteiger charge is -2.26. The molecule has 2 aromatic rings. The molecule has 2 atom stereocenters. The minimum atomic E-state index is -3.12. The fraction of sp³-hybridized carbons (Fsp3) is 0.500. The monoisotopic (exact) mass is 467 g/mol. The maximum atomic E-state index is 13.0. The molecule has 1 aliphatic rings. The summed E-state index contributed by atoms with van der Waals surface area (Å²) in [5.41, 5.74) is 0.200. The molecule has 0 bridgehead atoms. The zero-order valence-electron chi connectivity index (χ0n) is 17.6. The van der Waals surface area contributed by atoms with Crippen molar-refractivity contribution in [1.29, 1.82) is 0 Å². The normalized spacial score (nSPS) is 18.6. The van der Waals surface area contributed by atoms with E-state index in [9.17, 15) is 22.8 Å². The fourth-order valence-corrected chi connectivity index (χ4v) is 6.31. The molecule has 2 unspecified atom stereocenters. The van der Waals surface area contributed by atoms with Crippen molar-refractivity contribution in [2.24, 2.45) is 0 Å². The molecule has 9 nitrogen and oxygen atoms in total. The van der Waals surface area contributed by atoms with E-state index < -0.39 is 21.1 Å².